The van der Waals surface area contributed by atoms with E-state index in [0.29, 0.717) is 12.3 Å². The summed E-state index contributed by atoms with van der Waals surface area (Å²) in [6.45, 7) is 1.99. The summed E-state index contributed by atoms with van der Waals surface area (Å²) in [5.74, 6) is -0.407. The molecule has 1 aromatic carbocycles. The Balaban J connectivity index is 2.44. The lowest BCUT2D eigenvalue weighted by Crippen LogP contribution is -2.33. The zero-order valence-electron chi connectivity index (χ0n) is 10.2. The van der Waals surface area contributed by atoms with E-state index in [9.17, 15) is 14.9 Å². The molecule has 0 aromatic heterocycles. The molecule has 19 heavy (non-hydrogen) atoms. The molecule has 7 nitrogen and oxygen atoms in total. The topological polar surface area (TPSA) is 93.5 Å². The van der Waals surface area contributed by atoms with E-state index in [1.807, 2.05) is 0 Å². The molecule has 0 amide bonds. The van der Waals surface area contributed by atoms with Crippen LogP contribution in [0.2, 0.25) is 0 Å². The second kappa shape index (κ2) is 7.27. The van der Waals surface area contributed by atoms with Crippen LogP contribution in [0.3, 0.4) is 0 Å². The van der Waals surface area contributed by atoms with Crippen molar-refractivity contribution in [1.82, 2.24) is 5.32 Å². The lowest BCUT2D eigenvalue weighted by Gasteiger charge is -2.09. The van der Waals surface area contributed by atoms with Crippen molar-refractivity contribution in [2.45, 2.75) is 6.92 Å². The SMILES string of the molecule is CCOC(=O)CNC(=S)Nc1ccc([N+](=O)[O-])cc1. The largest absolute Gasteiger partial charge is 0.465 e. The highest BCUT2D eigenvalue weighted by atomic mass is 32.1. The van der Waals surface area contributed by atoms with Gasteiger partial charge in [0.1, 0.15) is 6.54 Å². The van der Waals surface area contributed by atoms with Crippen molar-refractivity contribution in [3.05, 3.63) is 34.4 Å². The summed E-state index contributed by atoms with van der Waals surface area (Å²) in [7, 11) is 0. The van der Waals surface area contributed by atoms with Crippen molar-refractivity contribution in [3.63, 3.8) is 0 Å². The Kier molecular flexibility index (Phi) is 5.68. The first kappa shape index (κ1) is 14.8. The van der Waals surface area contributed by atoms with Crippen LogP contribution < -0.4 is 10.6 Å². The number of thiocarbonyl (C=S) groups is 1. The van der Waals surface area contributed by atoms with Crippen LogP contribution in [0.15, 0.2) is 24.3 Å². The van der Waals surface area contributed by atoms with Crippen LogP contribution in [0.4, 0.5) is 11.4 Å². The van der Waals surface area contributed by atoms with Crippen LogP contribution >= 0.6 is 12.2 Å². The standard InChI is InChI=1S/C11H13N3O4S/c1-2-18-10(15)7-12-11(19)13-8-3-5-9(6-4-8)14(16)17/h3-6H,2,7H2,1H3,(H2,12,13,19). The van der Waals surface area contributed by atoms with Gasteiger partial charge in [0.05, 0.1) is 11.5 Å². The van der Waals surface area contributed by atoms with Crippen LogP contribution in [0, 0.1) is 10.1 Å². The van der Waals surface area contributed by atoms with Crippen LogP contribution in [0.1, 0.15) is 6.92 Å². The van der Waals surface area contributed by atoms with Gasteiger partial charge in [-0.1, -0.05) is 0 Å². The van der Waals surface area contributed by atoms with E-state index < -0.39 is 10.9 Å². The highest BCUT2D eigenvalue weighted by Crippen LogP contribution is 2.15. The number of ether oxygens (including phenoxy) is 1. The van der Waals surface area contributed by atoms with E-state index >= 15 is 0 Å². The lowest BCUT2D eigenvalue weighted by atomic mass is 10.3. The van der Waals surface area contributed by atoms with Crippen LogP contribution in [0.25, 0.3) is 0 Å². The summed E-state index contributed by atoms with van der Waals surface area (Å²) in [5, 5.41) is 16.2. The van der Waals surface area contributed by atoms with Gasteiger partial charge in [-0.2, -0.15) is 0 Å². The number of rotatable bonds is 5. The van der Waals surface area contributed by atoms with Gasteiger partial charge in [0.2, 0.25) is 0 Å². The first-order chi connectivity index (χ1) is 9.02. The summed E-state index contributed by atoms with van der Waals surface area (Å²) < 4.78 is 4.72. The Morgan fingerprint density at radius 2 is 2.05 bits per heavy atom. The van der Waals surface area contributed by atoms with Crippen LogP contribution in [-0.4, -0.2) is 29.2 Å². The average molecular weight is 283 g/mol. The summed E-state index contributed by atoms with van der Waals surface area (Å²) in [5.41, 5.74) is 0.586. The molecule has 0 unspecified atom stereocenters. The maximum atomic E-state index is 11.1. The highest BCUT2D eigenvalue weighted by molar-refractivity contribution is 7.80. The molecule has 0 bridgehead atoms. The number of nitrogens with one attached hydrogen (secondary N) is 2. The average Bonchev–Trinajstić information content (AvgIpc) is 2.37. The fraction of sp³-hybridized carbons (Fsp3) is 0.273. The molecule has 0 aliphatic rings. The predicted octanol–water partition coefficient (Wildman–Crippen LogP) is 1.44. The number of nitro groups is 1. The fourth-order valence-electron chi connectivity index (χ4n) is 1.21. The van der Waals surface area contributed by atoms with Gasteiger partial charge in [0.25, 0.3) is 5.69 Å². The number of anilines is 1. The third-order valence-corrected chi connectivity index (χ3v) is 2.28. The van der Waals surface area contributed by atoms with E-state index in [0.717, 1.165) is 0 Å². The van der Waals surface area contributed by atoms with Crippen molar-refractivity contribution in [1.29, 1.82) is 0 Å². The highest BCUT2D eigenvalue weighted by Gasteiger charge is 2.06. The zero-order chi connectivity index (χ0) is 14.3. The molecule has 0 heterocycles. The second-order valence-electron chi connectivity index (χ2n) is 3.42. The molecular formula is C11H13N3O4S. The number of nitrogens with zero attached hydrogens (tertiary/aromatic N) is 1. The summed E-state index contributed by atoms with van der Waals surface area (Å²) in [4.78, 5) is 21.1. The third-order valence-electron chi connectivity index (χ3n) is 2.03. The van der Waals surface area contributed by atoms with Gasteiger partial charge in [-0.3, -0.25) is 14.9 Å². The number of hydrogen-bond donors (Lipinski definition) is 2. The summed E-state index contributed by atoms with van der Waals surface area (Å²) in [6.07, 6.45) is 0. The maximum Gasteiger partial charge on any atom is 0.325 e. The Hall–Kier alpha value is -2.22. The van der Waals surface area contributed by atoms with Gasteiger partial charge in [0, 0.05) is 17.8 Å². The van der Waals surface area contributed by atoms with Gasteiger partial charge in [-0.15, -0.1) is 0 Å². The minimum Gasteiger partial charge on any atom is -0.465 e. The number of nitro benzene ring substituents is 1. The number of carbonyl (C=O) groups excluding carboxylic acids is 1. The second-order valence-corrected chi connectivity index (χ2v) is 3.82. The van der Waals surface area contributed by atoms with Gasteiger partial charge in [0.15, 0.2) is 5.11 Å². The smallest absolute Gasteiger partial charge is 0.325 e. The van der Waals surface area contributed by atoms with Gasteiger partial charge in [-0.05, 0) is 31.3 Å². The Morgan fingerprint density at radius 1 is 1.42 bits per heavy atom. The quantitative estimate of drug-likeness (QED) is 0.365. The zero-order valence-corrected chi connectivity index (χ0v) is 11.0. The molecule has 0 aliphatic carbocycles. The monoisotopic (exact) mass is 283 g/mol. The first-order valence-corrected chi connectivity index (χ1v) is 5.88. The first-order valence-electron chi connectivity index (χ1n) is 5.48. The molecule has 0 spiro atoms. The third kappa shape index (κ3) is 5.30. The number of carbonyl (C=O) groups is 1. The molecular weight excluding hydrogens is 270 g/mol. The van der Waals surface area contributed by atoms with E-state index in [1.54, 1.807) is 6.92 Å². The van der Waals surface area contributed by atoms with E-state index in [-0.39, 0.29) is 17.3 Å². The molecule has 2 N–H and O–H groups in total. The van der Waals surface area contributed by atoms with Crippen molar-refractivity contribution >= 4 is 34.7 Å². The molecule has 0 aliphatic heterocycles. The minimum atomic E-state index is -0.485. The van der Waals surface area contributed by atoms with E-state index in [4.69, 9.17) is 17.0 Å². The van der Waals surface area contributed by atoms with Crippen LogP contribution in [-0.2, 0) is 9.53 Å². The fourth-order valence-corrected chi connectivity index (χ4v) is 1.40. The van der Waals surface area contributed by atoms with Crippen molar-refractivity contribution in [3.8, 4) is 0 Å². The summed E-state index contributed by atoms with van der Waals surface area (Å²) >= 11 is 4.96. The van der Waals surface area contributed by atoms with E-state index in [1.165, 1.54) is 24.3 Å². The molecule has 1 rings (SSSR count). The Bertz CT molecular complexity index is 475. The van der Waals surface area contributed by atoms with Crippen molar-refractivity contribution < 1.29 is 14.5 Å². The summed E-state index contributed by atoms with van der Waals surface area (Å²) in [6, 6.07) is 5.76. The number of hydrogen-bond acceptors (Lipinski definition) is 5. The predicted molar refractivity (Wildman–Crippen MR) is 74.0 cm³/mol. The molecule has 0 saturated heterocycles. The molecule has 0 saturated carbocycles. The van der Waals surface area contributed by atoms with Gasteiger partial charge < -0.3 is 15.4 Å². The normalized spacial score (nSPS) is 9.53. The lowest BCUT2D eigenvalue weighted by molar-refractivity contribution is -0.384. The maximum absolute atomic E-state index is 11.1. The molecule has 0 fully saturated rings. The molecule has 1 aromatic rings. The Labute approximate surface area is 115 Å². The molecule has 102 valence electrons. The molecule has 0 atom stereocenters. The molecule has 0 radical (unpaired) electrons. The van der Waals surface area contributed by atoms with Crippen LogP contribution in [0.5, 0.6) is 0 Å². The Morgan fingerprint density at radius 3 is 2.58 bits per heavy atom. The van der Waals surface area contributed by atoms with Crippen molar-refractivity contribution in [2.24, 2.45) is 0 Å². The van der Waals surface area contributed by atoms with Gasteiger partial charge >= 0.3 is 5.97 Å². The van der Waals surface area contributed by atoms with Gasteiger partial charge in [-0.25, -0.2) is 0 Å². The minimum absolute atomic E-state index is 0.00375. The van der Waals surface area contributed by atoms with Crippen molar-refractivity contribution in [2.75, 3.05) is 18.5 Å². The number of benzene rings is 1. The number of non-ortho nitro benzene ring substituents is 1. The number of esters is 1. The van der Waals surface area contributed by atoms with E-state index in [2.05, 4.69) is 10.6 Å². The molecule has 8 heteroatoms.